The van der Waals surface area contributed by atoms with E-state index in [1.54, 1.807) is 18.2 Å². The van der Waals surface area contributed by atoms with Gasteiger partial charge in [0.05, 0.1) is 0 Å². The summed E-state index contributed by atoms with van der Waals surface area (Å²) in [4.78, 5) is 11.9. The maximum absolute atomic E-state index is 12.0. The summed E-state index contributed by atoms with van der Waals surface area (Å²) in [5, 5.41) is 2.76. The molecule has 23 heavy (non-hydrogen) atoms. The number of anilines is 1. The van der Waals surface area contributed by atoms with Crippen LogP contribution in [0.4, 0.5) is 14.5 Å². The normalized spacial score (nSPS) is 11.0. The Morgan fingerprint density at radius 3 is 2.52 bits per heavy atom. The topological polar surface area (TPSA) is 38.3 Å². The summed E-state index contributed by atoms with van der Waals surface area (Å²) >= 11 is 2.20. The van der Waals surface area contributed by atoms with Crippen molar-refractivity contribution in [2.24, 2.45) is 0 Å². The van der Waals surface area contributed by atoms with Gasteiger partial charge in [-0.25, -0.2) is 0 Å². The van der Waals surface area contributed by atoms with Gasteiger partial charge in [-0.1, -0.05) is 18.2 Å². The minimum absolute atomic E-state index is 0.0795. The molecule has 0 aliphatic carbocycles. The van der Waals surface area contributed by atoms with E-state index in [1.807, 2.05) is 25.1 Å². The molecule has 0 unspecified atom stereocenters. The summed E-state index contributed by atoms with van der Waals surface area (Å²) in [5.74, 6) is -0.187. The van der Waals surface area contributed by atoms with Gasteiger partial charge in [0.1, 0.15) is 5.75 Å². The predicted octanol–water partition coefficient (Wildman–Crippen LogP) is 4.85. The highest BCUT2D eigenvalue weighted by molar-refractivity contribution is 14.1. The average Bonchev–Trinajstić information content (AvgIpc) is 2.50. The first kappa shape index (κ1) is 17.4. The van der Waals surface area contributed by atoms with Gasteiger partial charge in [-0.15, -0.1) is 0 Å². The molecule has 0 aliphatic heterocycles. The Hall–Kier alpha value is -1.96. The monoisotopic (exact) mass is 429 g/mol. The Balaban J connectivity index is 1.96. The molecule has 2 aromatic carbocycles. The average molecular weight is 429 g/mol. The molecular weight excluding hydrogens is 415 g/mol. The quantitative estimate of drug-likeness (QED) is 0.545. The van der Waals surface area contributed by atoms with Crippen LogP contribution in [0.3, 0.4) is 0 Å². The highest BCUT2D eigenvalue weighted by atomic mass is 127. The lowest BCUT2D eigenvalue weighted by molar-refractivity contribution is -0.111. The fraction of sp³-hybridized carbons (Fsp3) is 0.118. The lowest BCUT2D eigenvalue weighted by Crippen LogP contribution is -2.07. The van der Waals surface area contributed by atoms with Crippen molar-refractivity contribution in [3.8, 4) is 5.75 Å². The smallest absolute Gasteiger partial charge is 0.387 e. The number of ether oxygens (including phenoxy) is 1. The molecule has 0 aromatic heterocycles. The van der Waals surface area contributed by atoms with Crippen LogP contribution in [0.15, 0.2) is 48.5 Å². The third-order valence-electron chi connectivity index (χ3n) is 2.97. The molecule has 0 fully saturated rings. The van der Waals surface area contributed by atoms with E-state index in [9.17, 15) is 13.6 Å². The number of alkyl halides is 2. The van der Waals surface area contributed by atoms with Crippen LogP contribution in [0.1, 0.15) is 11.1 Å². The summed E-state index contributed by atoms with van der Waals surface area (Å²) in [6.45, 7) is -0.853. The third kappa shape index (κ3) is 5.63. The Morgan fingerprint density at radius 1 is 1.22 bits per heavy atom. The minimum atomic E-state index is -2.85. The molecule has 2 aromatic rings. The second-order valence-corrected chi connectivity index (χ2v) is 5.90. The fourth-order valence-electron chi connectivity index (χ4n) is 1.79. The van der Waals surface area contributed by atoms with Crippen molar-refractivity contribution in [1.29, 1.82) is 0 Å². The predicted molar refractivity (Wildman–Crippen MR) is 94.6 cm³/mol. The molecule has 1 N–H and O–H groups in total. The third-order valence-corrected chi connectivity index (χ3v) is 4.13. The van der Waals surface area contributed by atoms with Gasteiger partial charge in [0, 0.05) is 15.3 Å². The van der Waals surface area contributed by atoms with Crippen LogP contribution in [-0.4, -0.2) is 12.5 Å². The van der Waals surface area contributed by atoms with Crippen molar-refractivity contribution in [1.82, 2.24) is 0 Å². The van der Waals surface area contributed by atoms with Gasteiger partial charge < -0.3 is 10.1 Å². The molecule has 0 heterocycles. The molecule has 0 aliphatic rings. The van der Waals surface area contributed by atoms with Gasteiger partial charge in [0.15, 0.2) is 0 Å². The van der Waals surface area contributed by atoms with Crippen molar-refractivity contribution in [3.05, 3.63) is 63.2 Å². The van der Waals surface area contributed by atoms with E-state index in [1.165, 1.54) is 18.2 Å². The molecule has 120 valence electrons. The number of nitrogens with one attached hydrogen (secondary N) is 1. The molecule has 6 heteroatoms. The summed E-state index contributed by atoms with van der Waals surface area (Å²) in [7, 11) is 0. The zero-order valence-electron chi connectivity index (χ0n) is 12.2. The van der Waals surface area contributed by atoms with Gasteiger partial charge in [-0.2, -0.15) is 8.78 Å². The molecule has 0 saturated carbocycles. The number of aryl methyl sites for hydroxylation is 1. The Bertz CT molecular complexity index is 715. The number of carbonyl (C=O) groups excluding carboxylic acids is 1. The highest BCUT2D eigenvalue weighted by Gasteiger charge is 2.03. The molecule has 0 spiro atoms. The van der Waals surface area contributed by atoms with E-state index in [0.717, 1.165) is 14.8 Å². The van der Waals surface area contributed by atoms with Crippen molar-refractivity contribution in [3.63, 3.8) is 0 Å². The van der Waals surface area contributed by atoms with Crippen LogP contribution >= 0.6 is 22.6 Å². The first-order valence-corrected chi connectivity index (χ1v) is 7.82. The number of benzene rings is 2. The van der Waals surface area contributed by atoms with Crippen molar-refractivity contribution in [2.45, 2.75) is 13.5 Å². The number of carbonyl (C=O) groups is 1. The molecule has 0 atom stereocenters. The molecule has 2 rings (SSSR count). The summed E-state index contributed by atoms with van der Waals surface area (Å²) in [5.41, 5.74) is 2.57. The van der Waals surface area contributed by atoms with E-state index in [-0.39, 0.29) is 11.7 Å². The summed E-state index contributed by atoms with van der Waals surface area (Å²) in [6, 6.07) is 11.7. The van der Waals surface area contributed by atoms with Crippen molar-refractivity contribution >= 4 is 40.3 Å². The lowest BCUT2D eigenvalue weighted by atomic mass is 10.2. The molecule has 3 nitrogen and oxygen atoms in total. The van der Waals surface area contributed by atoms with Crippen molar-refractivity contribution in [2.75, 3.05) is 5.32 Å². The van der Waals surface area contributed by atoms with Crippen LogP contribution in [0, 0.1) is 10.5 Å². The van der Waals surface area contributed by atoms with Crippen LogP contribution in [-0.2, 0) is 4.79 Å². The first-order valence-electron chi connectivity index (χ1n) is 6.74. The first-order chi connectivity index (χ1) is 10.9. The Morgan fingerprint density at radius 2 is 1.91 bits per heavy atom. The van der Waals surface area contributed by atoms with Gasteiger partial charge in [-0.05, 0) is 71.0 Å². The minimum Gasteiger partial charge on any atom is -0.435 e. The van der Waals surface area contributed by atoms with E-state index < -0.39 is 6.61 Å². The number of hydrogen-bond acceptors (Lipinski definition) is 2. The number of hydrogen-bond donors (Lipinski definition) is 1. The van der Waals surface area contributed by atoms with E-state index in [0.29, 0.717) is 5.56 Å². The van der Waals surface area contributed by atoms with E-state index >= 15 is 0 Å². The number of halogens is 3. The largest absolute Gasteiger partial charge is 0.435 e. The Labute approximate surface area is 146 Å². The lowest BCUT2D eigenvalue weighted by Gasteiger charge is -2.05. The van der Waals surface area contributed by atoms with E-state index in [2.05, 4.69) is 32.6 Å². The van der Waals surface area contributed by atoms with Crippen LogP contribution in [0.5, 0.6) is 5.75 Å². The number of rotatable bonds is 5. The standard InChI is InChI=1S/C17H14F2INO2/c1-11-2-6-13(10-15(11)20)21-16(22)9-5-12-3-7-14(8-4-12)23-17(18)19/h2-10,17H,1H3,(H,21,22)/b9-5+. The number of amides is 1. The van der Waals surface area contributed by atoms with Gasteiger partial charge in [0.25, 0.3) is 0 Å². The van der Waals surface area contributed by atoms with Crippen LogP contribution in [0.25, 0.3) is 6.08 Å². The molecule has 0 saturated heterocycles. The van der Waals surface area contributed by atoms with Gasteiger partial charge in [0.2, 0.25) is 5.91 Å². The molecule has 1 amide bonds. The second-order valence-electron chi connectivity index (χ2n) is 4.73. The molecular formula is C17H14F2INO2. The van der Waals surface area contributed by atoms with Crippen LogP contribution in [0.2, 0.25) is 0 Å². The van der Waals surface area contributed by atoms with Crippen molar-refractivity contribution < 1.29 is 18.3 Å². The van der Waals surface area contributed by atoms with Gasteiger partial charge in [-0.3, -0.25) is 4.79 Å². The summed E-state index contributed by atoms with van der Waals surface area (Å²) < 4.78 is 29.4. The fourth-order valence-corrected chi connectivity index (χ4v) is 2.30. The second kappa shape index (κ2) is 8.05. The molecule has 0 bridgehead atoms. The van der Waals surface area contributed by atoms with Gasteiger partial charge >= 0.3 is 6.61 Å². The van der Waals surface area contributed by atoms with Crippen LogP contribution < -0.4 is 10.1 Å². The maximum atomic E-state index is 12.0. The highest BCUT2D eigenvalue weighted by Crippen LogP contribution is 2.18. The SMILES string of the molecule is Cc1ccc(NC(=O)/C=C/c2ccc(OC(F)F)cc2)cc1I. The van der Waals surface area contributed by atoms with E-state index in [4.69, 9.17) is 0 Å². The molecule has 0 radical (unpaired) electrons. The zero-order chi connectivity index (χ0) is 16.8. The maximum Gasteiger partial charge on any atom is 0.387 e. The summed E-state index contributed by atoms with van der Waals surface area (Å²) in [6.07, 6.45) is 2.98. The zero-order valence-corrected chi connectivity index (χ0v) is 14.4. The Kier molecular flexibility index (Phi) is 6.09.